The molecule has 0 radical (unpaired) electrons. The number of aromatic hydroxyl groups is 1. The maximum Gasteiger partial charge on any atom is 0.319 e. The number of benzene rings is 3. The van der Waals surface area contributed by atoms with Crippen LogP contribution in [0.15, 0.2) is 36.4 Å². The molecule has 0 spiro atoms. The van der Waals surface area contributed by atoms with Crippen molar-refractivity contribution in [1.29, 1.82) is 0 Å². The number of aliphatic hydroxyl groups is 1. The summed E-state index contributed by atoms with van der Waals surface area (Å²) in [7, 11) is 4.05. The van der Waals surface area contributed by atoms with Gasteiger partial charge in [-0.05, 0) is 86.4 Å². The zero-order valence-corrected chi connectivity index (χ0v) is 25.1. The Balaban J connectivity index is 1.52. The summed E-state index contributed by atoms with van der Waals surface area (Å²) in [6.45, 7) is 5.99. The van der Waals surface area contributed by atoms with Gasteiger partial charge in [-0.3, -0.25) is 0 Å². The topological polar surface area (TPSA) is 91.2 Å². The van der Waals surface area contributed by atoms with Crippen LogP contribution in [0.5, 0.6) is 11.8 Å². The number of fused-ring (bicyclic) bond motifs is 2. The van der Waals surface area contributed by atoms with Crippen molar-refractivity contribution in [3.8, 4) is 22.9 Å². The van der Waals surface area contributed by atoms with Crippen molar-refractivity contribution in [2.75, 3.05) is 58.5 Å². The number of nitrogens with zero attached hydrogens (tertiary/aromatic N) is 4. The summed E-state index contributed by atoms with van der Waals surface area (Å²) < 4.78 is 43.5. The number of β-amino-alcohol motifs (C(OH)–C–C–N with tert-alkyl or cyclic N) is 1. The van der Waals surface area contributed by atoms with Crippen molar-refractivity contribution in [1.82, 2.24) is 14.9 Å². The molecule has 43 heavy (non-hydrogen) atoms. The number of ether oxygens (including phenoxy) is 2. The van der Waals surface area contributed by atoms with Crippen molar-refractivity contribution in [3.05, 3.63) is 53.6 Å². The number of anilines is 1. The Bertz CT molecular complexity index is 1690. The van der Waals surface area contributed by atoms with Crippen LogP contribution in [0, 0.1) is 17.0 Å². The molecule has 1 saturated carbocycles. The average Bonchev–Trinajstić information content (AvgIpc) is 3.74. The number of aryl methyl sites for hydroxylation is 1. The monoisotopic (exact) mass is 592 g/mol. The largest absolute Gasteiger partial charge is 0.508 e. The third-order valence-corrected chi connectivity index (χ3v) is 8.43. The van der Waals surface area contributed by atoms with Gasteiger partial charge in [0.25, 0.3) is 0 Å². The highest BCUT2D eigenvalue weighted by Gasteiger charge is 2.44. The first-order chi connectivity index (χ1) is 20.5. The number of phenolic OH excluding ortho intramolecular Hbond substituents is 1. The number of rotatable bonds is 8. The Kier molecular flexibility index (Phi) is 7.64. The van der Waals surface area contributed by atoms with Crippen LogP contribution in [0.3, 0.4) is 0 Å². The Morgan fingerprint density at radius 3 is 2.60 bits per heavy atom. The first-order valence-electron chi connectivity index (χ1n) is 14.8. The molecule has 2 aliphatic rings. The van der Waals surface area contributed by atoms with E-state index in [9.17, 15) is 14.6 Å². The normalized spacial score (nSPS) is 20.1. The van der Waals surface area contributed by atoms with Gasteiger partial charge in [0.1, 0.15) is 28.5 Å². The molecule has 2 fully saturated rings. The molecule has 1 atom stereocenters. The van der Waals surface area contributed by atoms with Crippen LogP contribution < -0.4 is 9.64 Å². The van der Waals surface area contributed by atoms with Crippen LogP contribution in [0.2, 0.25) is 0 Å². The summed E-state index contributed by atoms with van der Waals surface area (Å²) in [6, 6.07) is 9.38. The number of aromatic nitrogens is 2. The minimum absolute atomic E-state index is 0.00357. The lowest BCUT2D eigenvalue weighted by atomic mass is 9.92. The number of hydrogen-bond acceptors (Lipinski definition) is 8. The van der Waals surface area contributed by atoms with Gasteiger partial charge < -0.3 is 29.5 Å². The molecule has 10 heteroatoms. The van der Waals surface area contributed by atoms with Gasteiger partial charge >= 0.3 is 6.01 Å². The smallest absolute Gasteiger partial charge is 0.319 e. The van der Waals surface area contributed by atoms with Crippen LogP contribution in [-0.4, -0.2) is 84.2 Å². The Morgan fingerprint density at radius 2 is 1.88 bits per heavy atom. The van der Waals surface area contributed by atoms with E-state index in [1.165, 1.54) is 12.1 Å². The van der Waals surface area contributed by atoms with E-state index < -0.39 is 11.4 Å². The van der Waals surface area contributed by atoms with Crippen molar-refractivity contribution < 1.29 is 28.5 Å². The zero-order chi connectivity index (χ0) is 30.5. The molecule has 1 aliphatic heterocycles. The van der Waals surface area contributed by atoms with Gasteiger partial charge in [0.05, 0.1) is 26.4 Å². The fourth-order valence-corrected chi connectivity index (χ4v) is 6.29. The van der Waals surface area contributed by atoms with Gasteiger partial charge in [0.15, 0.2) is 5.82 Å². The van der Waals surface area contributed by atoms with E-state index in [0.29, 0.717) is 59.3 Å². The van der Waals surface area contributed by atoms with E-state index in [-0.39, 0.29) is 47.2 Å². The van der Waals surface area contributed by atoms with Gasteiger partial charge in [0.2, 0.25) is 0 Å². The SMILES string of the molecule is CCc1c(F)ccc2cc(O)cc(-c3ccc4c(N5CCOCC(C)(O)C5)nc(OCC5(CN(C)C)CC5)nc4c3F)c12. The molecule has 2 heterocycles. The van der Waals surface area contributed by atoms with Gasteiger partial charge in [0, 0.05) is 29.5 Å². The second kappa shape index (κ2) is 11.2. The summed E-state index contributed by atoms with van der Waals surface area (Å²) in [6.07, 6.45) is 2.45. The molecule has 6 rings (SSSR count). The maximum absolute atomic E-state index is 16.7. The average molecular weight is 593 g/mol. The van der Waals surface area contributed by atoms with Crippen LogP contribution >= 0.6 is 0 Å². The highest BCUT2D eigenvalue weighted by atomic mass is 19.1. The van der Waals surface area contributed by atoms with Crippen LogP contribution in [0.25, 0.3) is 32.8 Å². The molecule has 1 unspecified atom stereocenters. The van der Waals surface area contributed by atoms with E-state index in [2.05, 4.69) is 9.88 Å². The third-order valence-electron chi connectivity index (χ3n) is 8.43. The van der Waals surface area contributed by atoms with Crippen molar-refractivity contribution in [3.63, 3.8) is 0 Å². The molecule has 0 bridgehead atoms. The number of phenols is 1. The lowest BCUT2D eigenvalue weighted by Crippen LogP contribution is -2.42. The standard InChI is InChI=1S/C33H38F2N4O4/c1-5-22-26(34)9-6-20-14-21(40)15-25(27(20)22)23-7-8-24-29(28(23)35)36-31(43-19-33(10-11-33)17-38(3)4)37-30(24)39-12-13-42-18-32(2,41)16-39/h6-9,14-15,40-41H,5,10-13,16-19H2,1-4H3. The first kappa shape index (κ1) is 29.5. The molecular formula is C33H38F2N4O4. The number of halogens is 2. The van der Waals surface area contributed by atoms with E-state index >= 15 is 4.39 Å². The summed E-state index contributed by atoms with van der Waals surface area (Å²) in [5, 5.41) is 23.1. The van der Waals surface area contributed by atoms with E-state index in [1.54, 1.807) is 31.2 Å². The van der Waals surface area contributed by atoms with E-state index in [0.717, 1.165) is 19.4 Å². The minimum atomic E-state index is -1.14. The van der Waals surface area contributed by atoms with Crippen molar-refractivity contribution in [2.45, 2.75) is 38.7 Å². The predicted molar refractivity (Wildman–Crippen MR) is 163 cm³/mol. The fraction of sp³-hybridized carbons (Fsp3) is 0.455. The van der Waals surface area contributed by atoms with Crippen LogP contribution in [0.1, 0.15) is 32.3 Å². The molecule has 8 nitrogen and oxygen atoms in total. The Morgan fingerprint density at radius 1 is 1.09 bits per heavy atom. The number of hydrogen-bond donors (Lipinski definition) is 2. The van der Waals surface area contributed by atoms with Crippen LogP contribution in [0.4, 0.5) is 14.6 Å². The summed E-state index contributed by atoms with van der Waals surface area (Å²) in [4.78, 5) is 13.3. The molecule has 3 aromatic carbocycles. The maximum atomic E-state index is 16.7. The Hall–Kier alpha value is -3.60. The molecule has 228 valence electrons. The van der Waals surface area contributed by atoms with Gasteiger partial charge in [-0.25, -0.2) is 8.78 Å². The van der Waals surface area contributed by atoms with E-state index in [1.807, 2.05) is 25.9 Å². The Labute approximate surface area is 249 Å². The second-order valence-corrected chi connectivity index (χ2v) is 12.6. The highest BCUT2D eigenvalue weighted by Crippen LogP contribution is 2.46. The lowest BCUT2D eigenvalue weighted by Gasteiger charge is -2.29. The quantitative estimate of drug-likeness (QED) is 0.285. The third kappa shape index (κ3) is 5.83. The van der Waals surface area contributed by atoms with Crippen molar-refractivity contribution in [2.24, 2.45) is 5.41 Å². The highest BCUT2D eigenvalue weighted by molar-refractivity contribution is 6.03. The summed E-state index contributed by atoms with van der Waals surface area (Å²) in [5.41, 5.74) is -0.0846. The minimum Gasteiger partial charge on any atom is -0.508 e. The van der Waals surface area contributed by atoms with Crippen molar-refractivity contribution >= 4 is 27.5 Å². The lowest BCUT2D eigenvalue weighted by molar-refractivity contribution is -0.0123. The molecule has 1 aliphatic carbocycles. The molecule has 2 N–H and O–H groups in total. The molecule has 1 saturated heterocycles. The zero-order valence-electron chi connectivity index (χ0n) is 25.1. The molecule has 1 aromatic heterocycles. The second-order valence-electron chi connectivity index (χ2n) is 12.6. The van der Waals surface area contributed by atoms with E-state index in [4.69, 9.17) is 14.5 Å². The molecular weight excluding hydrogens is 554 g/mol. The first-order valence-corrected chi connectivity index (χ1v) is 14.8. The van der Waals surface area contributed by atoms with Gasteiger partial charge in [-0.15, -0.1) is 0 Å². The fourth-order valence-electron chi connectivity index (χ4n) is 6.29. The molecule has 4 aromatic rings. The van der Waals surface area contributed by atoms with Gasteiger partial charge in [-0.1, -0.05) is 19.1 Å². The van der Waals surface area contributed by atoms with Gasteiger partial charge in [-0.2, -0.15) is 9.97 Å². The predicted octanol–water partition coefficient (Wildman–Crippen LogP) is 5.30. The summed E-state index contributed by atoms with van der Waals surface area (Å²) >= 11 is 0. The summed E-state index contributed by atoms with van der Waals surface area (Å²) in [5.74, 6) is -0.623. The van der Waals surface area contributed by atoms with Crippen LogP contribution in [-0.2, 0) is 11.2 Å². The molecule has 0 amide bonds.